The Hall–Kier alpha value is -3.75. The van der Waals surface area contributed by atoms with Crippen LogP contribution in [-0.2, 0) is 16.0 Å². The number of benzene rings is 2. The molecule has 2 heterocycles. The lowest BCUT2D eigenvalue weighted by molar-refractivity contribution is -0.122. The first-order valence-corrected chi connectivity index (χ1v) is 11.6. The van der Waals surface area contributed by atoms with Gasteiger partial charge in [-0.2, -0.15) is 0 Å². The molecule has 35 heavy (non-hydrogen) atoms. The number of nitrogens with one attached hydrogen (secondary N) is 1. The van der Waals surface area contributed by atoms with Gasteiger partial charge in [-0.25, -0.2) is 4.79 Å². The minimum atomic E-state index is -1.13. The Balaban J connectivity index is 1.75. The number of carbonyl (C=O) groups is 3. The molecule has 1 aromatic heterocycles. The number of rotatable bonds is 5. The van der Waals surface area contributed by atoms with Gasteiger partial charge < -0.3 is 9.67 Å². The van der Waals surface area contributed by atoms with Crippen LogP contribution >= 0.6 is 23.8 Å². The summed E-state index contributed by atoms with van der Waals surface area (Å²) in [6.07, 6.45) is 2.39. The van der Waals surface area contributed by atoms with Gasteiger partial charge in [-0.15, -0.1) is 0 Å². The quantitative estimate of drug-likeness (QED) is 0.293. The van der Waals surface area contributed by atoms with Gasteiger partial charge in [0.2, 0.25) is 0 Å². The summed E-state index contributed by atoms with van der Waals surface area (Å²) in [5, 5.41) is 12.2. The van der Waals surface area contributed by atoms with Gasteiger partial charge in [-0.05, 0) is 86.1 Å². The summed E-state index contributed by atoms with van der Waals surface area (Å²) >= 11 is 11.3. The molecular formula is C26H22ClN3O4S. The number of hydrogen-bond donors (Lipinski definition) is 2. The van der Waals surface area contributed by atoms with Crippen molar-refractivity contribution in [2.24, 2.45) is 0 Å². The minimum absolute atomic E-state index is 0.0170. The van der Waals surface area contributed by atoms with Crippen molar-refractivity contribution in [3.8, 4) is 5.69 Å². The van der Waals surface area contributed by atoms with Gasteiger partial charge >= 0.3 is 5.97 Å². The molecular weight excluding hydrogens is 486 g/mol. The van der Waals surface area contributed by atoms with Crippen molar-refractivity contribution in [3.05, 3.63) is 87.2 Å². The van der Waals surface area contributed by atoms with Crippen LogP contribution in [0.25, 0.3) is 11.8 Å². The number of nitrogens with zero attached hydrogens (tertiary/aromatic N) is 2. The number of aromatic nitrogens is 1. The first-order valence-electron chi connectivity index (χ1n) is 10.8. The Morgan fingerprint density at radius 3 is 2.37 bits per heavy atom. The van der Waals surface area contributed by atoms with E-state index in [1.54, 1.807) is 18.2 Å². The molecule has 2 aromatic carbocycles. The molecule has 0 atom stereocenters. The molecule has 1 aliphatic rings. The van der Waals surface area contributed by atoms with Crippen molar-refractivity contribution in [1.29, 1.82) is 0 Å². The Bertz CT molecular complexity index is 1420. The number of hydrogen-bond acceptors (Lipinski definition) is 4. The predicted molar refractivity (Wildman–Crippen MR) is 139 cm³/mol. The molecule has 4 rings (SSSR count). The molecule has 1 saturated heterocycles. The van der Waals surface area contributed by atoms with Crippen molar-refractivity contribution in [1.82, 2.24) is 9.88 Å². The fraction of sp³-hybridized carbons (Fsp3) is 0.154. The highest BCUT2D eigenvalue weighted by Gasteiger charge is 2.34. The zero-order chi connectivity index (χ0) is 25.4. The maximum atomic E-state index is 13.4. The van der Waals surface area contributed by atoms with E-state index in [1.165, 1.54) is 23.1 Å². The van der Waals surface area contributed by atoms with Crippen molar-refractivity contribution >= 4 is 58.5 Å². The average Bonchev–Trinajstić information content (AvgIpc) is 3.10. The van der Waals surface area contributed by atoms with Crippen LogP contribution < -0.4 is 10.2 Å². The van der Waals surface area contributed by atoms with Crippen LogP contribution in [0.1, 0.15) is 39.8 Å². The number of aryl methyl sites for hydroxylation is 2. The van der Waals surface area contributed by atoms with Crippen LogP contribution in [0.15, 0.2) is 54.1 Å². The van der Waals surface area contributed by atoms with Crippen LogP contribution in [-0.4, -0.2) is 32.6 Å². The molecule has 1 fully saturated rings. The van der Waals surface area contributed by atoms with Crippen LogP contribution in [0.4, 0.5) is 5.69 Å². The highest BCUT2D eigenvalue weighted by atomic mass is 35.5. The first kappa shape index (κ1) is 24.4. The second-order valence-electron chi connectivity index (χ2n) is 8.11. The molecule has 1 aliphatic heterocycles. The zero-order valence-corrected chi connectivity index (χ0v) is 20.8. The van der Waals surface area contributed by atoms with E-state index in [0.29, 0.717) is 16.9 Å². The molecule has 0 unspecified atom stereocenters. The number of carbonyl (C=O) groups excluding carboxylic acids is 2. The smallest absolute Gasteiger partial charge is 0.337 e. The van der Waals surface area contributed by atoms with Crippen molar-refractivity contribution in [2.45, 2.75) is 27.2 Å². The van der Waals surface area contributed by atoms with Gasteiger partial charge in [0, 0.05) is 17.1 Å². The number of aromatic carboxylic acids is 1. The molecule has 7 nitrogen and oxygen atoms in total. The third kappa shape index (κ3) is 4.50. The van der Waals surface area contributed by atoms with Crippen molar-refractivity contribution in [2.75, 3.05) is 4.90 Å². The molecule has 178 valence electrons. The Labute approximate surface area is 212 Å². The number of anilines is 1. The van der Waals surface area contributed by atoms with Crippen LogP contribution in [0, 0.1) is 13.8 Å². The number of carboxylic acids is 1. The molecule has 3 aromatic rings. The van der Waals surface area contributed by atoms with Crippen molar-refractivity contribution in [3.63, 3.8) is 0 Å². The van der Waals surface area contributed by atoms with E-state index >= 15 is 0 Å². The SMILES string of the molecule is CCc1ccc(N2C(=O)C(=Cc3cc(C)n(-c4ccc(Cl)c(C(=O)O)c4)c3C)C(=O)NC2=S)cc1. The fourth-order valence-electron chi connectivity index (χ4n) is 4.08. The van der Waals surface area contributed by atoms with E-state index in [2.05, 4.69) is 5.32 Å². The summed E-state index contributed by atoms with van der Waals surface area (Å²) in [7, 11) is 0. The van der Waals surface area contributed by atoms with E-state index in [9.17, 15) is 19.5 Å². The molecule has 2 amide bonds. The highest BCUT2D eigenvalue weighted by Crippen LogP contribution is 2.28. The third-order valence-corrected chi connectivity index (χ3v) is 6.53. The first-order chi connectivity index (χ1) is 16.6. The van der Waals surface area contributed by atoms with Gasteiger partial charge in [-0.3, -0.25) is 19.8 Å². The lowest BCUT2D eigenvalue weighted by atomic mass is 10.1. The molecule has 0 bridgehead atoms. The number of carboxylic acid groups (broad SMARTS) is 1. The molecule has 0 spiro atoms. The Morgan fingerprint density at radius 2 is 1.74 bits per heavy atom. The van der Waals surface area contributed by atoms with Crippen molar-refractivity contribution < 1.29 is 19.5 Å². The highest BCUT2D eigenvalue weighted by molar-refractivity contribution is 7.80. The summed E-state index contributed by atoms with van der Waals surface area (Å²) in [5.74, 6) is -2.23. The molecule has 9 heteroatoms. The second-order valence-corrected chi connectivity index (χ2v) is 8.90. The lowest BCUT2D eigenvalue weighted by Crippen LogP contribution is -2.54. The summed E-state index contributed by atoms with van der Waals surface area (Å²) in [6, 6.07) is 14.0. The summed E-state index contributed by atoms with van der Waals surface area (Å²) in [4.78, 5) is 38.9. The number of thiocarbonyl (C=S) groups is 1. The monoisotopic (exact) mass is 507 g/mol. The van der Waals surface area contributed by atoms with E-state index in [4.69, 9.17) is 23.8 Å². The van der Waals surface area contributed by atoms with E-state index in [1.807, 2.05) is 43.5 Å². The average molecular weight is 508 g/mol. The normalized spacial score (nSPS) is 15.0. The van der Waals surface area contributed by atoms with Gasteiger partial charge in [-0.1, -0.05) is 30.7 Å². The molecule has 0 saturated carbocycles. The maximum absolute atomic E-state index is 13.4. The van der Waals surface area contributed by atoms with Gasteiger partial charge in [0.25, 0.3) is 11.8 Å². The number of halogens is 1. The zero-order valence-electron chi connectivity index (χ0n) is 19.3. The second kappa shape index (κ2) is 9.48. The molecule has 0 radical (unpaired) electrons. The summed E-state index contributed by atoms with van der Waals surface area (Å²) in [5.41, 5.74) is 4.37. The van der Waals surface area contributed by atoms with Gasteiger partial charge in [0.1, 0.15) is 5.57 Å². The molecule has 2 N–H and O–H groups in total. The maximum Gasteiger partial charge on any atom is 0.337 e. The Kier molecular flexibility index (Phi) is 6.60. The lowest BCUT2D eigenvalue weighted by Gasteiger charge is -2.29. The van der Waals surface area contributed by atoms with E-state index < -0.39 is 17.8 Å². The summed E-state index contributed by atoms with van der Waals surface area (Å²) in [6.45, 7) is 5.71. The fourth-order valence-corrected chi connectivity index (χ4v) is 4.55. The van der Waals surface area contributed by atoms with Crippen LogP contribution in [0.3, 0.4) is 0 Å². The predicted octanol–water partition coefficient (Wildman–Crippen LogP) is 4.84. The van der Waals surface area contributed by atoms with Gasteiger partial charge in [0.05, 0.1) is 16.3 Å². The topological polar surface area (TPSA) is 91.6 Å². The minimum Gasteiger partial charge on any atom is -0.478 e. The summed E-state index contributed by atoms with van der Waals surface area (Å²) < 4.78 is 1.84. The van der Waals surface area contributed by atoms with Gasteiger partial charge in [0.15, 0.2) is 5.11 Å². The molecule has 0 aliphatic carbocycles. The van der Waals surface area contributed by atoms with Crippen LogP contribution in [0.2, 0.25) is 5.02 Å². The van der Waals surface area contributed by atoms with Crippen LogP contribution in [0.5, 0.6) is 0 Å². The standard InChI is InChI=1S/C26H22ClN3O4S/c1-4-16-5-7-18(8-6-16)30-24(32)21(23(31)28-26(30)35)12-17-11-14(2)29(15(17)3)19-9-10-22(27)20(13-19)25(33)34/h5-13H,4H2,1-3H3,(H,33,34)(H,28,31,35). The Morgan fingerprint density at radius 1 is 1.09 bits per heavy atom. The van der Waals surface area contributed by atoms with E-state index in [-0.39, 0.29) is 21.3 Å². The number of amides is 2. The van der Waals surface area contributed by atoms with E-state index in [0.717, 1.165) is 23.4 Å². The largest absolute Gasteiger partial charge is 0.478 e. The third-order valence-electron chi connectivity index (χ3n) is 5.91.